The van der Waals surface area contributed by atoms with Crippen LogP contribution in [0.5, 0.6) is 0 Å². The van der Waals surface area contributed by atoms with Crippen LogP contribution in [0, 0.1) is 0 Å². The molecule has 2 heterocycles. The van der Waals surface area contributed by atoms with Gasteiger partial charge in [-0.2, -0.15) is 0 Å². The Morgan fingerprint density at radius 1 is 1.39 bits per heavy atom. The summed E-state index contributed by atoms with van der Waals surface area (Å²) in [7, 11) is -3.31. The summed E-state index contributed by atoms with van der Waals surface area (Å²) in [5.41, 5.74) is 0. The van der Waals surface area contributed by atoms with E-state index in [1.807, 2.05) is 13.0 Å². The summed E-state index contributed by atoms with van der Waals surface area (Å²) in [6.45, 7) is 3.80. The first-order chi connectivity index (χ1) is 8.12. The van der Waals surface area contributed by atoms with Crippen LogP contribution in [0.3, 0.4) is 0 Å². The van der Waals surface area contributed by atoms with Crippen LogP contribution in [0.2, 0.25) is 0 Å². The highest BCUT2D eigenvalue weighted by molar-refractivity contribution is 7.91. The van der Waals surface area contributed by atoms with E-state index in [1.165, 1.54) is 11.3 Å². The van der Waals surface area contributed by atoms with Crippen LogP contribution >= 0.6 is 23.7 Å². The van der Waals surface area contributed by atoms with E-state index < -0.39 is 10.0 Å². The van der Waals surface area contributed by atoms with Gasteiger partial charge < -0.3 is 5.32 Å². The van der Waals surface area contributed by atoms with Gasteiger partial charge in [0.1, 0.15) is 4.21 Å². The highest BCUT2D eigenvalue weighted by Gasteiger charge is 2.22. The molecule has 1 aliphatic rings. The van der Waals surface area contributed by atoms with Gasteiger partial charge in [0.15, 0.2) is 0 Å². The van der Waals surface area contributed by atoms with Crippen molar-refractivity contribution in [2.24, 2.45) is 0 Å². The quantitative estimate of drug-likeness (QED) is 0.891. The molecule has 1 aromatic rings. The average molecular weight is 311 g/mol. The number of sulfonamides is 1. The van der Waals surface area contributed by atoms with Gasteiger partial charge in [0.2, 0.25) is 10.0 Å². The Morgan fingerprint density at radius 2 is 2.06 bits per heavy atom. The predicted molar refractivity (Wildman–Crippen MR) is 77.2 cm³/mol. The summed E-state index contributed by atoms with van der Waals surface area (Å²) in [5, 5.41) is 3.22. The molecular weight excluding hydrogens is 292 g/mol. The first kappa shape index (κ1) is 15.9. The highest BCUT2D eigenvalue weighted by Crippen LogP contribution is 2.22. The Morgan fingerprint density at radius 3 is 2.61 bits per heavy atom. The van der Waals surface area contributed by atoms with Gasteiger partial charge in [0.25, 0.3) is 0 Å². The number of thiophene rings is 1. The van der Waals surface area contributed by atoms with Crippen molar-refractivity contribution in [2.75, 3.05) is 13.1 Å². The van der Waals surface area contributed by atoms with Gasteiger partial charge in [-0.25, -0.2) is 13.1 Å². The third kappa shape index (κ3) is 3.93. The van der Waals surface area contributed by atoms with E-state index in [0.29, 0.717) is 4.21 Å². The Hall–Kier alpha value is -0.140. The molecule has 2 rings (SSSR count). The first-order valence-corrected chi connectivity index (χ1v) is 8.23. The molecule has 1 fully saturated rings. The summed E-state index contributed by atoms with van der Waals surface area (Å²) in [6, 6.07) is 3.67. The van der Waals surface area contributed by atoms with Gasteiger partial charge in [-0.1, -0.05) is 6.92 Å². The van der Waals surface area contributed by atoms with Gasteiger partial charge in [-0.05, 0) is 44.5 Å². The van der Waals surface area contributed by atoms with Crippen LogP contribution in [-0.2, 0) is 16.4 Å². The maximum Gasteiger partial charge on any atom is 0.250 e. The number of nitrogens with one attached hydrogen (secondary N) is 2. The lowest BCUT2D eigenvalue weighted by molar-refractivity contribution is 0.427. The molecule has 1 aromatic heterocycles. The molecule has 0 spiro atoms. The smallest absolute Gasteiger partial charge is 0.250 e. The Labute approximate surface area is 119 Å². The van der Waals surface area contributed by atoms with E-state index >= 15 is 0 Å². The number of piperidine rings is 1. The van der Waals surface area contributed by atoms with Crippen molar-refractivity contribution in [1.29, 1.82) is 0 Å². The van der Waals surface area contributed by atoms with Crippen molar-refractivity contribution in [3.05, 3.63) is 17.0 Å². The van der Waals surface area contributed by atoms with E-state index in [-0.39, 0.29) is 18.4 Å². The Bertz CT molecular complexity index is 467. The molecule has 7 heteroatoms. The standard InChI is InChI=1S/C11H18N2O2S2.ClH/c1-2-10-3-4-11(16-10)17(14,15)13-9-5-7-12-8-6-9;/h3-4,9,12-13H,2,5-8H2,1H3;1H. The molecular formula is C11H19ClN2O2S2. The molecule has 0 aliphatic carbocycles. The predicted octanol–water partition coefficient (Wildman–Crippen LogP) is 1.76. The minimum absolute atomic E-state index is 0. The number of hydrogen-bond acceptors (Lipinski definition) is 4. The first-order valence-electron chi connectivity index (χ1n) is 5.93. The fourth-order valence-corrected chi connectivity index (χ4v) is 4.53. The van der Waals surface area contributed by atoms with Crippen molar-refractivity contribution < 1.29 is 8.42 Å². The molecule has 0 saturated carbocycles. The van der Waals surface area contributed by atoms with Gasteiger partial charge in [-0.3, -0.25) is 0 Å². The number of aryl methyl sites for hydroxylation is 1. The fourth-order valence-electron chi connectivity index (χ4n) is 1.91. The summed E-state index contributed by atoms with van der Waals surface area (Å²) in [6.07, 6.45) is 2.62. The monoisotopic (exact) mass is 310 g/mol. The Balaban J connectivity index is 0.00000162. The molecule has 0 radical (unpaired) electrons. The molecule has 1 saturated heterocycles. The maximum absolute atomic E-state index is 12.1. The van der Waals surface area contributed by atoms with Gasteiger partial charge in [0, 0.05) is 10.9 Å². The lowest BCUT2D eigenvalue weighted by Gasteiger charge is -2.23. The topological polar surface area (TPSA) is 58.2 Å². The lowest BCUT2D eigenvalue weighted by atomic mass is 10.1. The molecule has 1 aliphatic heterocycles. The summed E-state index contributed by atoms with van der Waals surface area (Å²) in [5.74, 6) is 0. The summed E-state index contributed by atoms with van der Waals surface area (Å²) < 4.78 is 27.4. The second-order valence-electron chi connectivity index (χ2n) is 4.22. The zero-order chi connectivity index (χ0) is 12.3. The van der Waals surface area contributed by atoms with Gasteiger partial charge in [-0.15, -0.1) is 23.7 Å². The van der Waals surface area contributed by atoms with Gasteiger partial charge in [0.05, 0.1) is 0 Å². The van der Waals surface area contributed by atoms with Gasteiger partial charge >= 0.3 is 0 Å². The Kier molecular flexibility index (Phi) is 6.07. The van der Waals surface area contributed by atoms with Crippen LogP contribution in [-0.4, -0.2) is 27.5 Å². The highest BCUT2D eigenvalue weighted by atomic mass is 35.5. The van der Waals surface area contributed by atoms with E-state index in [4.69, 9.17) is 0 Å². The number of hydrogen-bond donors (Lipinski definition) is 2. The van der Waals surface area contributed by atoms with E-state index in [2.05, 4.69) is 10.0 Å². The van der Waals surface area contributed by atoms with Crippen LogP contribution < -0.4 is 10.0 Å². The van der Waals surface area contributed by atoms with Crippen LogP contribution in [0.25, 0.3) is 0 Å². The second-order valence-corrected chi connectivity index (χ2v) is 7.33. The lowest BCUT2D eigenvalue weighted by Crippen LogP contribution is -2.42. The molecule has 18 heavy (non-hydrogen) atoms. The molecule has 0 aromatic carbocycles. The van der Waals surface area contributed by atoms with Crippen molar-refractivity contribution >= 4 is 33.8 Å². The number of rotatable bonds is 4. The molecule has 4 nitrogen and oxygen atoms in total. The van der Waals surface area contributed by atoms with Crippen LogP contribution in [0.15, 0.2) is 16.3 Å². The van der Waals surface area contributed by atoms with E-state index in [9.17, 15) is 8.42 Å². The average Bonchev–Trinajstić information content (AvgIpc) is 2.79. The minimum atomic E-state index is -3.31. The zero-order valence-corrected chi connectivity index (χ0v) is 12.8. The molecule has 0 atom stereocenters. The maximum atomic E-state index is 12.1. The zero-order valence-electron chi connectivity index (χ0n) is 10.3. The van der Waals surface area contributed by atoms with Crippen molar-refractivity contribution in [1.82, 2.24) is 10.0 Å². The molecule has 2 N–H and O–H groups in total. The van der Waals surface area contributed by atoms with Crippen molar-refractivity contribution in [3.63, 3.8) is 0 Å². The third-order valence-electron chi connectivity index (χ3n) is 2.91. The number of halogens is 1. The normalized spacial score (nSPS) is 17.4. The SMILES string of the molecule is CCc1ccc(S(=O)(=O)NC2CCNCC2)s1.Cl. The molecule has 0 bridgehead atoms. The fraction of sp³-hybridized carbons (Fsp3) is 0.636. The third-order valence-corrected chi connectivity index (χ3v) is 6.15. The van der Waals surface area contributed by atoms with E-state index in [1.54, 1.807) is 6.07 Å². The second kappa shape index (κ2) is 6.86. The van der Waals surface area contributed by atoms with Crippen molar-refractivity contribution in [3.8, 4) is 0 Å². The molecule has 0 unspecified atom stereocenters. The minimum Gasteiger partial charge on any atom is -0.317 e. The van der Waals surface area contributed by atoms with Crippen molar-refractivity contribution in [2.45, 2.75) is 36.4 Å². The molecule has 104 valence electrons. The molecule has 0 amide bonds. The van der Waals surface area contributed by atoms with Crippen LogP contribution in [0.1, 0.15) is 24.6 Å². The summed E-state index contributed by atoms with van der Waals surface area (Å²) in [4.78, 5) is 1.11. The van der Waals surface area contributed by atoms with E-state index in [0.717, 1.165) is 37.2 Å². The largest absolute Gasteiger partial charge is 0.317 e. The summed E-state index contributed by atoms with van der Waals surface area (Å²) >= 11 is 1.36. The van der Waals surface area contributed by atoms with Crippen LogP contribution in [0.4, 0.5) is 0 Å².